The number of methoxy groups -OCH3 is 1. The van der Waals surface area contributed by atoms with E-state index in [9.17, 15) is 9.59 Å². The highest BCUT2D eigenvalue weighted by Gasteiger charge is 2.40. The fourth-order valence-corrected chi connectivity index (χ4v) is 3.55. The van der Waals surface area contributed by atoms with Crippen LogP contribution in [0.2, 0.25) is 0 Å². The summed E-state index contributed by atoms with van der Waals surface area (Å²) in [4.78, 5) is 24.6. The van der Waals surface area contributed by atoms with Gasteiger partial charge < -0.3 is 25.4 Å². The summed E-state index contributed by atoms with van der Waals surface area (Å²) in [6.45, 7) is 4.08. The first kappa shape index (κ1) is 23.4. The first-order valence-corrected chi connectivity index (χ1v) is 10.1. The third kappa shape index (κ3) is 6.59. The van der Waals surface area contributed by atoms with Crippen molar-refractivity contribution in [1.29, 1.82) is 0 Å². The summed E-state index contributed by atoms with van der Waals surface area (Å²) in [5.41, 5.74) is 0.524. The molecule has 1 aromatic rings. The molecule has 0 spiro atoms. The summed E-state index contributed by atoms with van der Waals surface area (Å²) >= 11 is 0. The molecule has 1 heterocycles. The Balaban J connectivity index is 0.00000300. The van der Waals surface area contributed by atoms with Crippen molar-refractivity contribution in [3.63, 3.8) is 0 Å². The summed E-state index contributed by atoms with van der Waals surface area (Å²) in [5.74, 6) is 0.598. The Kier molecular flexibility index (Phi) is 8.74. The Bertz CT molecular complexity index is 667. The molecule has 3 N–H and O–H groups in total. The molecule has 3 rings (SSSR count). The molecule has 2 amide bonds. The van der Waals surface area contributed by atoms with Crippen LogP contribution in [0.15, 0.2) is 24.3 Å². The molecule has 1 aliphatic carbocycles. The van der Waals surface area contributed by atoms with Gasteiger partial charge in [-0.15, -0.1) is 12.4 Å². The number of hydrogen-bond donors (Lipinski definition) is 3. The molecule has 0 bridgehead atoms. The van der Waals surface area contributed by atoms with Crippen molar-refractivity contribution in [3.05, 3.63) is 29.8 Å². The lowest BCUT2D eigenvalue weighted by atomic mass is 9.78. The minimum absolute atomic E-state index is 0. The summed E-state index contributed by atoms with van der Waals surface area (Å²) in [5, 5.41) is 9.33. The van der Waals surface area contributed by atoms with Crippen LogP contribution in [-0.4, -0.2) is 51.3 Å². The maximum Gasteiger partial charge on any atom is 0.258 e. The highest BCUT2D eigenvalue weighted by atomic mass is 35.5. The number of carbonyl (C=O) groups excluding carboxylic acids is 2. The van der Waals surface area contributed by atoms with Crippen molar-refractivity contribution in [3.8, 4) is 5.75 Å². The van der Waals surface area contributed by atoms with E-state index in [4.69, 9.17) is 9.47 Å². The fourth-order valence-electron chi connectivity index (χ4n) is 3.55. The number of hydrogen-bond acceptors (Lipinski definition) is 5. The van der Waals surface area contributed by atoms with Crippen LogP contribution in [0.25, 0.3) is 0 Å². The number of ether oxygens (including phenoxy) is 2. The maximum atomic E-state index is 12.9. The minimum Gasteiger partial charge on any atom is -0.484 e. The Morgan fingerprint density at radius 1 is 1.21 bits per heavy atom. The van der Waals surface area contributed by atoms with E-state index in [1.54, 1.807) is 7.11 Å². The van der Waals surface area contributed by atoms with E-state index in [-0.39, 0.29) is 36.9 Å². The van der Waals surface area contributed by atoms with Crippen LogP contribution in [0.5, 0.6) is 5.75 Å². The monoisotopic (exact) mass is 425 g/mol. The van der Waals surface area contributed by atoms with Crippen molar-refractivity contribution in [2.45, 2.75) is 44.7 Å². The fraction of sp³-hybridized carbons (Fsp3) is 0.619. The second kappa shape index (κ2) is 10.8. The van der Waals surface area contributed by atoms with E-state index in [0.29, 0.717) is 18.4 Å². The lowest BCUT2D eigenvalue weighted by molar-refractivity contribution is -0.137. The zero-order valence-electron chi connectivity index (χ0n) is 17.2. The normalized spacial score (nSPS) is 18.8. The van der Waals surface area contributed by atoms with E-state index in [0.717, 1.165) is 44.3 Å². The van der Waals surface area contributed by atoms with Crippen LogP contribution in [0.3, 0.4) is 0 Å². The maximum absolute atomic E-state index is 12.9. The molecule has 1 saturated carbocycles. The van der Waals surface area contributed by atoms with Gasteiger partial charge in [-0.2, -0.15) is 0 Å². The number of rotatable bonds is 9. The van der Waals surface area contributed by atoms with Crippen LogP contribution < -0.4 is 20.7 Å². The zero-order valence-corrected chi connectivity index (χ0v) is 18.0. The number of halogens is 1. The molecule has 162 valence electrons. The van der Waals surface area contributed by atoms with Gasteiger partial charge in [-0.3, -0.25) is 9.59 Å². The molecule has 8 heteroatoms. The van der Waals surface area contributed by atoms with E-state index in [1.807, 2.05) is 31.2 Å². The molecule has 0 aromatic heterocycles. The first-order valence-electron chi connectivity index (χ1n) is 10.1. The average Bonchev–Trinajstić information content (AvgIpc) is 3.51. The van der Waals surface area contributed by atoms with Crippen molar-refractivity contribution in [1.82, 2.24) is 16.0 Å². The minimum atomic E-state index is -0.466. The Morgan fingerprint density at radius 3 is 2.45 bits per heavy atom. The molecule has 1 aromatic carbocycles. The molecule has 1 saturated heterocycles. The highest BCUT2D eigenvalue weighted by molar-refractivity contribution is 5.85. The van der Waals surface area contributed by atoms with Gasteiger partial charge in [0.05, 0.1) is 18.1 Å². The van der Waals surface area contributed by atoms with Gasteiger partial charge in [-0.25, -0.2) is 0 Å². The quantitative estimate of drug-likeness (QED) is 0.562. The third-order valence-electron chi connectivity index (χ3n) is 5.50. The van der Waals surface area contributed by atoms with Crippen molar-refractivity contribution in [2.75, 3.05) is 33.4 Å². The molecule has 2 aliphatic rings. The summed E-state index contributed by atoms with van der Waals surface area (Å²) < 4.78 is 10.9. The second-order valence-electron chi connectivity index (χ2n) is 7.86. The first-order chi connectivity index (χ1) is 13.5. The molecule has 2 fully saturated rings. The Hall–Kier alpha value is -1.83. The van der Waals surface area contributed by atoms with Gasteiger partial charge in [0.1, 0.15) is 5.75 Å². The van der Waals surface area contributed by atoms with Gasteiger partial charge in [0.15, 0.2) is 6.61 Å². The number of benzene rings is 1. The highest BCUT2D eigenvalue weighted by Crippen LogP contribution is 2.30. The number of piperidine rings is 1. The molecule has 1 unspecified atom stereocenters. The van der Waals surface area contributed by atoms with Crippen LogP contribution in [0.1, 0.15) is 44.2 Å². The largest absolute Gasteiger partial charge is 0.484 e. The summed E-state index contributed by atoms with van der Waals surface area (Å²) in [6.07, 6.45) is 3.67. The SMILES string of the molecule is COCC1(C(=O)NC(C)c2ccc(OCC(=O)NC3CC3)cc2)CCNCC1.Cl. The van der Waals surface area contributed by atoms with Crippen molar-refractivity contribution >= 4 is 24.2 Å². The average molecular weight is 426 g/mol. The molecule has 1 atom stereocenters. The Labute approximate surface area is 178 Å². The van der Waals surface area contributed by atoms with E-state index < -0.39 is 5.41 Å². The molecule has 29 heavy (non-hydrogen) atoms. The summed E-state index contributed by atoms with van der Waals surface area (Å²) in [7, 11) is 1.64. The van der Waals surface area contributed by atoms with Gasteiger partial charge in [0.25, 0.3) is 5.91 Å². The van der Waals surface area contributed by atoms with E-state index in [2.05, 4.69) is 16.0 Å². The number of amides is 2. The molecular formula is C21H32ClN3O4. The van der Waals surface area contributed by atoms with Gasteiger partial charge in [-0.1, -0.05) is 12.1 Å². The van der Waals surface area contributed by atoms with Crippen LogP contribution in [-0.2, 0) is 14.3 Å². The van der Waals surface area contributed by atoms with Crippen LogP contribution >= 0.6 is 12.4 Å². The molecule has 0 radical (unpaired) electrons. The van der Waals surface area contributed by atoms with Gasteiger partial charge >= 0.3 is 0 Å². The van der Waals surface area contributed by atoms with Gasteiger partial charge in [-0.05, 0) is 63.4 Å². The number of nitrogens with one attached hydrogen (secondary N) is 3. The lowest BCUT2D eigenvalue weighted by Crippen LogP contribution is -2.50. The number of carbonyl (C=O) groups is 2. The molecule has 1 aliphatic heterocycles. The zero-order chi connectivity index (χ0) is 20.0. The van der Waals surface area contributed by atoms with E-state index >= 15 is 0 Å². The van der Waals surface area contributed by atoms with Gasteiger partial charge in [0, 0.05) is 13.2 Å². The Morgan fingerprint density at radius 2 is 1.86 bits per heavy atom. The summed E-state index contributed by atoms with van der Waals surface area (Å²) in [6, 6.07) is 7.72. The smallest absolute Gasteiger partial charge is 0.258 e. The van der Waals surface area contributed by atoms with Crippen molar-refractivity contribution in [2.24, 2.45) is 5.41 Å². The van der Waals surface area contributed by atoms with Crippen LogP contribution in [0, 0.1) is 5.41 Å². The topological polar surface area (TPSA) is 88.7 Å². The van der Waals surface area contributed by atoms with E-state index in [1.165, 1.54) is 0 Å². The molecule has 7 nitrogen and oxygen atoms in total. The molecular weight excluding hydrogens is 394 g/mol. The second-order valence-corrected chi connectivity index (χ2v) is 7.86. The van der Waals surface area contributed by atoms with Crippen molar-refractivity contribution < 1.29 is 19.1 Å². The van der Waals surface area contributed by atoms with Crippen LogP contribution in [0.4, 0.5) is 0 Å². The standard InChI is InChI=1S/C21H31N3O4.ClH/c1-15(23-20(26)21(14-27-2)9-11-22-12-10-21)16-3-7-18(8-4-16)28-13-19(25)24-17-5-6-17;/h3-4,7-8,15,17,22H,5-6,9-14H2,1-2H3,(H,23,26)(H,24,25);1H. The van der Waals surface area contributed by atoms with Gasteiger partial charge in [0.2, 0.25) is 5.91 Å². The lowest BCUT2D eigenvalue weighted by Gasteiger charge is -2.36. The predicted molar refractivity (Wildman–Crippen MR) is 113 cm³/mol. The predicted octanol–water partition coefficient (Wildman–Crippen LogP) is 1.96. The third-order valence-corrected chi connectivity index (χ3v) is 5.50.